The van der Waals surface area contributed by atoms with E-state index in [4.69, 9.17) is 0 Å². The van der Waals surface area contributed by atoms with Crippen LogP contribution in [0.25, 0.3) is 0 Å². The van der Waals surface area contributed by atoms with E-state index in [2.05, 4.69) is 55.4 Å². The Balaban J connectivity index is 4.34. The van der Waals surface area contributed by atoms with Crippen LogP contribution in [0.3, 0.4) is 0 Å². The van der Waals surface area contributed by atoms with Crippen molar-refractivity contribution in [3.05, 3.63) is 0 Å². The third-order valence-corrected chi connectivity index (χ3v) is 13.4. The summed E-state index contributed by atoms with van der Waals surface area (Å²) in [5, 5.41) is 0. The van der Waals surface area contributed by atoms with E-state index in [0.29, 0.717) is 0 Å². The van der Waals surface area contributed by atoms with Crippen LogP contribution in [0.1, 0.15) is 93.9 Å². The summed E-state index contributed by atoms with van der Waals surface area (Å²) in [7, 11) is 0.510. The first kappa shape index (κ1) is 22.9. The molecule has 0 aromatic heterocycles. The molecule has 0 aliphatic rings. The quantitative estimate of drug-likeness (QED) is 0.235. The minimum atomic E-state index is 0.255. The van der Waals surface area contributed by atoms with E-state index in [1.165, 1.54) is 50.8 Å². The van der Waals surface area contributed by atoms with Gasteiger partial charge < -0.3 is 0 Å². The summed E-state index contributed by atoms with van der Waals surface area (Å²) in [6, 6.07) is 0. The normalized spacial score (nSPS) is 20.2. The zero-order valence-electron chi connectivity index (χ0n) is 16.9. The molecule has 22 heavy (non-hydrogen) atoms. The van der Waals surface area contributed by atoms with Gasteiger partial charge in [-0.2, -0.15) is 0 Å². The summed E-state index contributed by atoms with van der Waals surface area (Å²) in [5.74, 6) is 0. The van der Waals surface area contributed by atoms with E-state index >= 15 is 0 Å². The van der Waals surface area contributed by atoms with Crippen LogP contribution in [0.15, 0.2) is 0 Å². The lowest BCUT2D eigenvalue weighted by Crippen LogP contribution is -2.13. The molecule has 0 aromatic rings. The first-order chi connectivity index (χ1) is 10.4. The molecule has 0 amide bonds. The van der Waals surface area contributed by atoms with E-state index in [1.807, 2.05) is 0 Å². The van der Waals surface area contributed by atoms with Gasteiger partial charge in [0.1, 0.15) is 0 Å². The standard InChI is InChI=1S/C20H44P2/c1-9-17(5)21(18(6)10-2)15-13-14-16-22(19(7)11-3)20(8)12-4/h17-20H,9-16H2,1-8H3. The number of hydrogen-bond acceptors (Lipinski definition) is 0. The van der Waals surface area contributed by atoms with E-state index in [9.17, 15) is 0 Å². The van der Waals surface area contributed by atoms with E-state index in [-0.39, 0.29) is 15.8 Å². The lowest BCUT2D eigenvalue weighted by Gasteiger charge is -2.31. The molecule has 0 heterocycles. The lowest BCUT2D eigenvalue weighted by atomic mass is 10.3. The molecule has 0 saturated carbocycles. The Morgan fingerprint density at radius 2 is 0.727 bits per heavy atom. The van der Waals surface area contributed by atoms with Gasteiger partial charge in [-0.15, -0.1) is 15.8 Å². The first-order valence-corrected chi connectivity index (χ1v) is 13.3. The molecule has 0 fully saturated rings. The smallest absolute Gasteiger partial charge is 0.0238 e. The molecule has 4 atom stereocenters. The van der Waals surface area contributed by atoms with Crippen LogP contribution in [0.5, 0.6) is 0 Å². The Labute approximate surface area is 145 Å². The van der Waals surface area contributed by atoms with Crippen LogP contribution in [-0.2, 0) is 0 Å². The van der Waals surface area contributed by atoms with Gasteiger partial charge in [0.05, 0.1) is 0 Å². The maximum atomic E-state index is 2.50. The monoisotopic (exact) mass is 346 g/mol. The Morgan fingerprint density at radius 1 is 0.500 bits per heavy atom. The molecule has 2 heteroatoms. The molecule has 0 radical (unpaired) electrons. The Bertz CT molecular complexity index is 208. The molecule has 4 unspecified atom stereocenters. The third-order valence-electron chi connectivity index (χ3n) is 5.71. The van der Waals surface area contributed by atoms with E-state index in [1.54, 1.807) is 0 Å². The molecule has 134 valence electrons. The molecular formula is C20H44P2. The van der Waals surface area contributed by atoms with E-state index in [0.717, 1.165) is 22.6 Å². The van der Waals surface area contributed by atoms with Crippen molar-refractivity contribution in [3.63, 3.8) is 0 Å². The van der Waals surface area contributed by atoms with Gasteiger partial charge in [-0.25, -0.2) is 0 Å². The molecule has 0 rings (SSSR count). The highest BCUT2D eigenvalue weighted by molar-refractivity contribution is 7.59. The maximum Gasteiger partial charge on any atom is -0.0238 e. The molecular weight excluding hydrogens is 302 g/mol. The highest BCUT2D eigenvalue weighted by Crippen LogP contribution is 2.51. The van der Waals surface area contributed by atoms with Gasteiger partial charge in [-0.3, -0.25) is 0 Å². The van der Waals surface area contributed by atoms with Gasteiger partial charge in [0.2, 0.25) is 0 Å². The van der Waals surface area contributed by atoms with Crippen LogP contribution in [0, 0.1) is 0 Å². The Kier molecular flexibility index (Phi) is 13.7. The van der Waals surface area contributed by atoms with Crippen LogP contribution >= 0.6 is 15.8 Å². The van der Waals surface area contributed by atoms with Crippen LogP contribution in [-0.4, -0.2) is 35.0 Å². The fourth-order valence-electron chi connectivity index (χ4n) is 3.28. The van der Waals surface area contributed by atoms with Gasteiger partial charge in [0.15, 0.2) is 0 Å². The minimum absolute atomic E-state index is 0.255. The van der Waals surface area contributed by atoms with Gasteiger partial charge in [0, 0.05) is 0 Å². The fraction of sp³-hybridized carbons (Fsp3) is 1.00. The van der Waals surface area contributed by atoms with Crippen molar-refractivity contribution in [1.29, 1.82) is 0 Å². The number of unbranched alkanes of at least 4 members (excludes halogenated alkanes) is 1. The van der Waals surface area contributed by atoms with Crippen molar-refractivity contribution < 1.29 is 0 Å². The molecule has 0 aliphatic carbocycles. The Hall–Kier alpha value is 0.860. The molecule has 0 bridgehead atoms. The maximum absolute atomic E-state index is 2.50. The highest BCUT2D eigenvalue weighted by atomic mass is 31.1. The SMILES string of the molecule is CCC(C)P(CCCCP(C(C)CC)C(C)CC)C(C)CC. The molecule has 0 aliphatic heterocycles. The predicted molar refractivity (Wildman–Crippen MR) is 112 cm³/mol. The highest BCUT2D eigenvalue weighted by Gasteiger charge is 2.22. The van der Waals surface area contributed by atoms with Crippen molar-refractivity contribution in [3.8, 4) is 0 Å². The zero-order valence-corrected chi connectivity index (χ0v) is 18.6. The fourth-order valence-corrected chi connectivity index (χ4v) is 9.83. The van der Waals surface area contributed by atoms with Gasteiger partial charge >= 0.3 is 0 Å². The van der Waals surface area contributed by atoms with Crippen LogP contribution in [0.2, 0.25) is 0 Å². The summed E-state index contributed by atoms with van der Waals surface area (Å²) < 4.78 is 0. The molecule has 0 spiro atoms. The van der Waals surface area contributed by atoms with E-state index < -0.39 is 0 Å². The average molecular weight is 347 g/mol. The lowest BCUT2D eigenvalue weighted by molar-refractivity contribution is 0.794. The second-order valence-corrected chi connectivity index (χ2v) is 13.7. The largest absolute Gasteiger partial charge is 0.101 e. The minimum Gasteiger partial charge on any atom is -0.101 e. The zero-order chi connectivity index (χ0) is 17.1. The van der Waals surface area contributed by atoms with Gasteiger partial charge in [-0.05, 0) is 73.5 Å². The second-order valence-electron chi connectivity index (χ2n) is 7.21. The topological polar surface area (TPSA) is 0 Å². The van der Waals surface area contributed by atoms with Crippen molar-refractivity contribution >= 4 is 15.8 Å². The number of hydrogen-bond donors (Lipinski definition) is 0. The molecule has 0 aromatic carbocycles. The molecule has 0 nitrogen and oxygen atoms in total. The summed E-state index contributed by atoms with van der Waals surface area (Å²) in [4.78, 5) is 0. The summed E-state index contributed by atoms with van der Waals surface area (Å²) in [5.41, 5.74) is 3.87. The van der Waals surface area contributed by atoms with Crippen molar-refractivity contribution in [1.82, 2.24) is 0 Å². The van der Waals surface area contributed by atoms with Crippen molar-refractivity contribution in [2.75, 3.05) is 12.3 Å². The summed E-state index contributed by atoms with van der Waals surface area (Å²) >= 11 is 0. The van der Waals surface area contributed by atoms with Crippen LogP contribution in [0.4, 0.5) is 0 Å². The Morgan fingerprint density at radius 3 is 0.909 bits per heavy atom. The molecule has 0 N–H and O–H groups in total. The predicted octanol–water partition coefficient (Wildman–Crippen LogP) is 7.92. The summed E-state index contributed by atoms with van der Waals surface area (Å²) in [6.07, 6.45) is 11.6. The van der Waals surface area contributed by atoms with Gasteiger partial charge in [0.25, 0.3) is 0 Å². The number of rotatable bonds is 13. The second kappa shape index (κ2) is 13.2. The van der Waals surface area contributed by atoms with Crippen molar-refractivity contribution in [2.45, 2.75) is 117 Å². The van der Waals surface area contributed by atoms with Gasteiger partial charge in [-0.1, -0.05) is 55.4 Å². The third kappa shape index (κ3) is 8.11. The average Bonchev–Trinajstić information content (AvgIpc) is 2.55. The first-order valence-electron chi connectivity index (χ1n) is 9.94. The molecule has 0 saturated heterocycles. The van der Waals surface area contributed by atoms with Crippen molar-refractivity contribution in [2.24, 2.45) is 0 Å². The van der Waals surface area contributed by atoms with Crippen LogP contribution < -0.4 is 0 Å². The summed E-state index contributed by atoms with van der Waals surface area (Å²) in [6.45, 7) is 19.5.